The Morgan fingerprint density at radius 2 is 2.04 bits per heavy atom. The van der Waals surface area contributed by atoms with Crippen LogP contribution >= 0.6 is 0 Å². The Labute approximate surface area is 137 Å². The number of nitrogens with zero attached hydrogens (tertiary/aromatic N) is 2. The van der Waals surface area contributed by atoms with Gasteiger partial charge in [0, 0.05) is 5.39 Å². The molecule has 0 unspecified atom stereocenters. The van der Waals surface area contributed by atoms with Gasteiger partial charge in [-0.25, -0.2) is 4.99 Å². The molecular weight excluding hydrogens is 306 g/mol. The molecule has 118 valence electrons. The van der Waals surface area contributed by atoms with E-state index in [4.69, 9.17) is 14.9 Å². The van der Waals surface area contributed by atoms with Crippen LogP contribution in [0.2, 0.25) is 0 Å². The van der Waals surface area contributed by atoms with Crippen LogP contribution in [0.3, 0.4) is 0 Å². The number of carbonyl (C=O) groups is 1. The zero-order valence-corrected chi connectivity index (χ0v) is 12.8. The predicted molar refractivity (Wildman–Crippen MR) is 87.7 cm³/mol. The number of hydrogen-bond donors (Lipinski definition) is 1. The number of benzene rings is 2. The van der Waals surface area contributed by atoms with E-state index in [9.17, 15) is 10.1 Å². The Hall–Kier alpha value is -3.59. The van der Waals surface area contributed by atoms with Crippen LogP contribution in [0.5, 0.6) is 5.75 Å². The molecule has 0 saturated heterocycles. The van der Waals surface area contributed by atoms with Gasteiger partial charge in [-0.2, -0.15) is 5.26 Å². The highest BCUT2D eigenvalue weighted by Crippen LogP contribution is 2.25. The van der Waals surface area contributed by atoms with E-state index in [0.717, 1.165) is 0 Å². The van der Waals surface area contributed by atoms with Gasteiger partial charge in [0.15, 0.2) is 11.3 Å². The quantitative estimate of drug-likeness (QED) is 0.801. The zero-order chi connectivity index (χ0) is 17.1. The molecule has 1 amide bonds. The molecule has 1 heterocycles. The van der Waals surface area contributed by atoms with E-state index < -0.39 is 5.91 Å². The molecule has 0 spiro atoms. The summed E-state index contributed by atoms with van der Waals surface area (Å²) in [5.74, 6) is -0.162. The van der Waals surface area contributed by atoms with Gasteiger partial charge < -0.3 is 14.9 Å². The Bertz CT molecular complexity index is 1050. The molecule has 0 saturated carbocycles. The highest BCUT2D eigenvalue weighted by atomic mass is 16.5. The zero-order valence-electron chi connectivity index (χ0n) is 12.8. The van der Waals surface area contributed by atoms with Gasteiger partial charge in [-0.15, -0.1) is 0 Å². The average Bonchev–Trinajstić information content (AvgIpc) is 2.61. The molecule has 3 aromatic rings. The third-order valence-electron chi connectivity index (χ3n) is 3.47. The Morgan fingerprint density at radius 3 is 2.75 bits per heavy atom. The first kappa shape index (κ1) is 15.3. The van der Waals surface area contributed by atoms with Crippen molar-refractivity contribution in [3.8, 4) is 11.8 Å². The van der Waals surface area contributed by atoms with Crippen molar-refractivity contribution < 1.29 is 13.9 Å². The van der Waals surface area contributed by atoms with Crippen molar-refractivity contribution in [2.24, 2.45) is 10.7 Å². The van der Waals surface area contributed by atoms with Crippen molar-refractivity contribution in [3.05, 3.63) is 65.2 Å². The first-order valence-electron chi connectivity index (χ1n) is 7.08. The SMILES string of the molecule is COc1cccc2cc(C(N)=O)c(=Nc3ccccc3C#N)oc12. The minimum atomic E-state index is -0.670. The lowest BCUT2D eigenvalue weighted by molar-refractivity contribution is 0.0996. The largest absolute Gasteiger partial charge is 0.493 e. The number of nitrogens with two attached hydrogens (primary N) is 1. The van der Waals surface area contributed by atoms with Gasteiger partial charge in [-0.1, -0.05) is 24.3 Å². The van der Waals surface area contributed by atoms with Crippen molar-refractivity contribution in [2.45, 2.75) is 0 Å². The molecule has 24 heavy (non-hydrogen) atoms. The monoisotopic (exact) mass is 319 g/mol. The van der Waals surface area contributed by atoms with Crippen LogP contribution < -0.4 is 16.0 Å². The molecule has 6 heteroatoms. The van der Waals surface area contributed by atoms with E-state index in [1.807, 2.05) is 6.07 Å². The molecule has 2 aromatic carbocycles. The molecule has 0 aliphatic heterocycles. The second-order valence-electron chi connectivity index (χ2n) is 4.95. The molecule has 2 N–H and O–H groups in total. The lowest BCUT2D eigenvalue weighted by Crippen LogP contribution is -2.21. The summed E-state index contributed by atoms with van der Waals surface area (Å²) in [6.45, 7) is 0. The van der Waals surface area contributed by atoms with Gasteiger partial charge in [-0.05, 0) is 24.3 Å². The van der Waals surface area contributed by atoms with Crippen molar-refractivity contribution in [2.75, 3.05) is 7.11 Å². The number of para-hydroxylation sites is 2. The number of nitriles is 1. The molecule has 0 aliphatic carbocycles. The maximum Gasteiger partial charge on any atom is 0.254 e. The standard InChI is InChI=1S/C18H13N3O3/c1-23-15-8-4-6-11-9-13(17(20)22)18(24-16(11)15)21-14-7-3-2-5-12(14)10-19/h2-9H,1H3,(H2,20,22). The van der Waals surface area contributed by atoms with Gasteiger partial charge in [-0.3, -0.25) is 4.79 Å². The van der Waals surface area contributed by atoms with Crippen molar-refractivity contribution >= 4 is 22.6 Å². The number of primary amides is 1. The molecule has 0 atom stereocenters. The Balaban J connectivity index is 2.37. The number of methoxy groups -OCH3 is 1. The second kappa shape index (κ2) is 6.26. The third kappa shape index (κ3) is 2.71. The van der Waals surface area contributed by atoms with Crippen molar-refractivity contribution in [3.63, 3.8) is 0 Å². The molecule has 0 fully saturated rings. The second-order valence-corrected chi connectivity index (χ2v) is 4.95. The minimum Gasteiger partial charge on any atom is -0.493 e. The number of amides is 1. The van der Waals surface area contributed by atoms with Gasteiger partial charge in [0.05, 0.1) is 18.4 Å². The maximum absolute atomic E-state index is 11.8. The molecule has 0 aliphatic rings. The molecule has 6 nitrogen and oxygen atoms in total. The van der Waals surface area contributed by atoms with Gasteiger partial charge >= 0.3 is 0 Å². The van der Waals surface area contributed by atoms with Gasteiger partial charge in [0.1, 0.15) is 11.6 Å². The van der Waals surface area contributed by atoms with E-state index in [0.29, 0.717) is 28.0 Å². The van der Waals surface area contributed by atoms with Crippen LogP contribution in [0, 0.1) is 11.3 Å². The molecular formula is C18H13N3O3. The summed E-state index contributed by atoms with van der Waals surface area (Å²) in [7, 11) is 1.52. The molecule has 0 radical (unpaired) electrons. The van der Waals surface area contributed by atoms with Crippen LogP contribution in [0.15, 0.2) is 57.9 Å². The first-order valence-corrected chi connectivity index (χ1v) is 7.08. The fourth-order valence-corrected chi connectivity index (χ4v) is 2.32. The predicted octanol–water partition coefficient (Wildman–Crippen LogP) is 2.64. The van der Waals surface area contributed by atoms with Crippen LogP contribution in [0.1, 0.15) is 15.9 Å². The fourth-order valence-electron chi connectivity index (χ4n) is 2.32. The maximum atomic E-state index is 11.8. The van der Waals surface area contributed by atoms with E-state index in [1.165, 1.54) is 7.11 Å². The summed E-state index contributed by atoms with van der Waals surface area (Å²) >= 11 is 0. The Morgan fingerprint density at radius 1 is 1.25 bits per heavy atom. The van der Waals surface area contributed by atoms with Crippen molar-refractivity contribution in [1.82, 2.24) is 0 Å². The highest BCUT2D eigenvalue weighted by molar-refractivity contribution is 5.96. The lowest BCUT2D eigenvalue weighted by Gasteiger charge is -2.06. The smallest absolute Gasteiger partial charge is 0.254 e. The summed E-state index contributed by atoms with van der Waals surface area (Å²) in [6.07, 6.45) is 0. The Kier molecular flexibility index (Phi) is 4.00. The van der Waals surface area contributed by atoms with E-state index in [1.54, 1.807) is 48.5 Å². The van der Waals surface area contributed by atoms with E-state index in [-0.39, 0.29) is 11.1 Å². The lowest BCUT2D eigenvalue weighted by atomic mass is 10.1. The van der Waals surface area contributed by atoms with Crippen LogP contribution in [0.25, 0.3) is 11.0 Å². The topological polar surface area (TPSA) is 102 Å². The number of fused-ring (bicyclic) bond motifs is 1. The summed E-state index contributed by atoms with van der Waals surface area (Å²) in [5, 5.41) is 9.84. The summed E-state index contributed by atoms with van der Waals surface area (Å²) < 4.78 is 11.1. The normalized spacial score (nSPS) is 11.2. The molecule has 3 rings (SSSR count). The summed E-state index contributed by atoms with van der Waals surface area (Å²) in [6, 6.07) is 15.7. The number of ether oxygens (including phenoxy) is 1. The van der Waals surface area contributed by atoms with Crippen LogP contribution in [-0.2, 0) is 0 Å². The van der Waals surface area contributed by atoms with Crippen molar-refractivity contribution in [1.29, 1.82) is 5.26 Å². The average molecular weight is 319 g/mol. The van der Waals surface area contributed by atoms with E-state index >= 15 is 0 Å². The van der Waals surface area contributed by atoms with Crippen LogP contribution in [-0.4, -0.2) is 13.0 Å². The van der Waals surface area contributed by atoms with Gasteiger partial charge in [0.25, 0.3) is 5.91 Å². The number of carbonyl (C=O) groups excluding carboxylic acids is 1. The number of hydrogen-bond acceptors (Lipinski definition) is 5. The highest BCUT2D eigenvalue weighted by Gasteiger charge is 2.12. The first-order chi connectivity index (χ1) is 11.6. The fraction of sp³-hybridized carbons (Fsp3) is 0.0556. The summed E-state index contributed by atoms with van der Waals surface area (Å²) in [4.78, 5) is 16.1. The molecule has 0 bridgehead atoms. The summed E-state index contributed by atoms with van der Waals surface area (Å²) in [5.41, 5.74) is 6.80. The third-order valence-corrected chi connectivity index (χ3v) is 3.47. The van der Waals surface area contributed by atoms with Gasteiger partial charge in [0.2, 0.25) is 5.55 Å². The van der Waals surface area contributed by atoms with E-state index in [2.05, 4.69) is 4.99 Å². The number of rotatable bonds is 3. The molecule has 1 aromatic heterocycles. The van der Waals surface area contributed by atoms with Crippen LogP contribution in [0.4, 0.5) is 5.69 Å². The minimum absolute atomic E-state index is 0.0298.